The van der Waals surface area contributed by atoms with E-state index >= 15 is 0 Å². The Labute approximate surface area is 159 Å². The number of phenolic OH excluding ortho intramolecular Hbond substituents is 1. The van der Waals surface area contributed by atoms with E-state index in [1.54, 1.807) is 0 Å². The van der Waals surface area contributed by atoms with Crippen LogP contribution in [0.4, 0.5) is 18.2 Å². The van der Waals surface area contributed by atoms with Crippen LogP contribution in [-0.4, -0.2) is 16.9 Å². The van der Waals surface area contributed by atoms with Crippen LogP contribution >= 0.6 is 22.9 Å². The number of fused-ring (bicyclic) bond motifs is 1. The van der Waals surface area contributed by atoms with Gasteiger partial charge in [-0.15, -0.1) is 11.3 Å². The van der Waals surface area contributed by atoms with Gasteiger partial charge in [0.15, 0.2) is 0 Å². The summed E-state index contributed by atoms with van der Waals surface area (Å²) in [4.78, 5) is 24.2. The van der Waals surface area contributed by atoms with Crippen molar-refractivity contribution in [3.8, 4) is 5.75 Å². The molecule has 0 atom stereocenters. The predicted octanol–water partition coefficient (Wildman–Crippen LogP) is 4.63. The normalized spacial score (nSPS) is 11.6. The van der Waals surface area contributed by atoms with Crippen molar-refractivity contribution in [1.82, 2.24) is 0 Å². The number of alkyl halides is 3. The number of nitrogens with two attached hydrogens (primary N) is 1. The number of amides is 2. The van der Waals surface area contributed by atoms with Gasteiger partial charge in [0.25, 0.3) is 11.8 Å². The summed E-state index contributed by atoms with van der Waals surface area (Å²) in [7, 11) is 0. The number of benzene rings is 2. The number of hydrogen-bond acceptors (Lipinski definition) is 4. The van der Waals surface area contributed by atoms with Gasteiger partial charge in [0, 0.05) is 10.9 Å². The Morgan fingerprint density at radius 1 is 1.11 bits per heavy atom. The summed E-state index contributed by atoms with van der Waals surface area (Å²) in [6.07, 6.45) is -4.52. The van der Waals surface area contributed by atoms with E-state index in [1.165, 1.54) is 12.1 Å². The van der Waals surface area contributed by atoms with E-state index in [0.29, 0.717) is 10.1 Å². The van der Waals surface area contributed by atoms with E-state index in [9.17, 15) is 27.9 Å². The molecule has 0 saturated carbocycles. The molecular weight excluding hydrogens is 405 g/mol. The number of aromatic hydroxyl groups is 1. The van der Waals surface area contributed by atoms with Gasteiger partial charge in [-0.2, -0.15) is 13.2 Å². The number of thiophene rings is 1. The summed E-state index contributed by atoms with van der Waals surface area (Å²) in [5.41, 5.74) is 4.45. The molecule has 0 radical (unpaired) electrons. The Hall–Kier alpha value is -2.78. The predicted molar refractivity (Wildman–Crippen MR) is 96.4 cm³/mol. The van der Waals surface area contributed by atoms with Crippen LogP contribution in [0, 0.1) is 0 Å². The first kappa shape index (κ1) is 19.0. The molecule has 3 aromatic rings. The Bertz CT molecular complexity index is 1060. The highest BCUT2D eigenvalue weighted by Gasteiger charge is 2.30. The molecule has 0 aliphatic rings. The third kappa shape index (κ3) is 3.56. The summed E-state index contributed by atoms with van der Waals surface area (Å²) in [6, 6.07) is 6.32. The number of halogens is 4. The van der Waals surface area contributed by atoms with Crippen molar-refractivity contribution in [2.24, 2.45) is 5.73 Å². The third-order valence-corrected chi connectivity index (χ3v) is 5.36. The quantitative estimate of drug-likeness (QED) is 0.583. The molecule has 27 heavy (non-hydrogen) atoms. The number of anilines is 1. The largest absolute Gasteiger partial charge is 0.506 e. The van der Waals surface area contributed by atoms with E-state index in [4.69, 9.17) is 17.3 Å². The monoisotopic (exact) mass is 414 g/mol. The lowest BCUT2D eigenvalue weighted by molar-refractivity contribution is -0.137. The number of rotatable bonds is 3. The Kier molecular flexibility index (Phi) is 4.75. The van der Waals surface area contributed by atoms with Gasteiger partial charge in [0.2, 0.25) is 0 Å². The van der Waals surface area contributed by atoms with E-state index < -0.39 is 23.6 Å². The van der Waals surface area contributed by atoms with Crippen LogP contribution in [0.2, 0.25) is 5.02 Å². The minimum atomic E-state index is -4.52. The molecule has 0 aliphatic heterocycles. The van der Waals surface area contributed by atoms with Gasteiger partial charge < -0.3 is 16.2 Å². The summed E-state index contributed by atoms with van der Waals surface area (Å²) in [6.45, 7) is 0. The zero-order valence-electron chi connectivity index (χ0n) is 13.2. The number of hydrogen-bond donors (Lipinski definition) is 3. The average molecular weight is 415 g/mol. The van der Waals surface area contributed by atoms with Gasteiger partial charge in [0.1, 0.15) is 15.8 Å². The number of phenols is 1. The van der Waals surface area contributed by atoms with Crippen molar-refractivity contribution in [1.29, 1.82) is 0 Å². The smallest absolute Gasteiger partial charge is 0.416 e. The van der Waals surface area contributed by atoms with Crippen LogP contribution in [0.15, 0.2) is 36.4 Å². The van der Waals surface area contributed by atoms with Gasteiger partial charge in [-0.25, -0.2) is 0 Å². The van der Waals surface area contributed by atoms with Crippen LogP contribution in [0.3, 0.4) is 0 Å². The van der Waals surface area contributed by atoms with Gasteiger partial charge in [-0.05, 0) is 36.4 Å². The van der Waals surface area contributed by atoms with Crippen LogP contribution in [0.5, 0.6) is 5.75 Å². The lowest BCUT2D eigenvalue weighted by Gasteiger charge is -2.08. The molecule has 0 unspecified atom stereocenters. The molecule has 10 heteroatoms. The highest BCUT2D eigenvalue weighted by molar-refractivity contribution is 7.24. The maximum absolute atomic E-state index is 12.6. The van der Waals surface area contributed by atoms with Gasteiger partial charge in [-0.3, -0.25) is 9.59 Å². The van der Waals surface area contributed by atoms with Crippen molar-refractivity contribution in [2.45, 2.75) is 6.18 Å². The Morgan fingerprint density at radius 3 is 2.30 bits per heavy atom. The highest BCUT2D eigenvalue weighted by atomic mass is 35.5. The van der Waals surface area contributed by atoms with Gasteiger partial charge in [-0.1, -0.05) is 11.6 Å². The fourth-order valence-electron chi connectivity index (χ4n) is 2.44. The molecule has 5 nitrogen and oxygen atoms in total. The SMILES string of the molecule is NC(=O)c1c(NC(=O)c2ccc(C(F)(F)F)cc2)sc2c(Cl)c(O)ccc12. The first-order valence-corrected chi connectivity index (χ1v) is 8.51. The number of primary amides is 1. The van der Waals surface area contributed by atoms with Gasteiger partial charge in [0.05, 0.1) is 15.8 Å². The van der Waals surface area contributed by atoms with E-state index in [1.807, 2.05) is 0 Å². The third-order valence-electron chi connectivity index (χ3n) is 3.73. The molecule has 140 valence electrons. The Morgan fingerprint density at radius 2 is 1.74 bits per heavy atom. The van der Waals surface area contributed by atoms with E-state index in [2.05, 4.69) is 5.32 Å². The molecule has 0 fully saturated rings. The fourth-order valence-corrected chi connectivity index (χ4v) is 3.85. The average Bonchev–Trinajstić information content (AvgIpc) is 2.96. The van der Waals surface area contributed by atoms with Gasteiger partial charge >= 0.3 is 6.18 Å². The second-order valence-corrected chi connectivity index (χ2v) is 6.87. The van der Waals surface area contributed by atoms with E-state index in [-0.39, 0.29) is 26.9 Å². The molecule has 1 aromatic heterocycles. The molecule has 2 aromatic carbocycles. The molecule has 1 heterocycles. The van der Waals surface area contributed by atoms with Crippen molar-refractivity contribution in [3.63, 3.8) is 0 Å². The summed E-state index contributed by atoms with van der Waals surface area (Å²) >= 11 is 6.94. The lowest BCUT2D eigenvalue weighted by atomic mass is 10.1. The lowest BCUT2D eigenvalue weighted by Crippen LogP contribution is -2.17. The first-order valence-electron chi connectivity index (χ1n) is 7.32. The van der Waals surface area contributed by atoms with Crippen molar-refractivity contribution < 1.29 is 27.9 Å². The Balaban J connectivity index is 1.98. The maximum atomic E-state index is 12.6. The van der Waals surface area contributed by atoms with Crippen molar-refractivity contribution in [2.75, 3.05) is 5.32 Å². The van der Waals surface area contributed by atoms with Crippen LogP contribution in [-0.2, 0) is 6.18 Å². The highest BCUT2D eigenvalue weighted by Crippen LogP contribution is 2.43. The van der Waals surface area contributed by atoms with Crippen LogP contribution in [0.25, 0.3) is 10.1 Å². The number of nitrogens with one attached hydrogen (secondary N) is 1. The minimum Gasteiger partial charge on any atom is -0.506 e. The second kappa shape index (κ2) is 6.75. The summed E-state index contributed by atoms with van der Waals surface area (Å²) in [5.74, 6) is -1.76. The minimum absolute atomic E-state index is 0.00263. The molecule has 0 bridgehead atoms. The zero-order chi connectivity index (χ0) is 19.9. The number of carbonyl (C=O) groups is 2. The van der Waals surface area contributed by atoms with Crippen molar-refractivity contribution in [3.05, 3.63) is 58.1 Å². The topological polar surface area (TPSA) is 92.4 Å². The molecular formula is C17H10ClF3N2O3S. The van der Waals surface area contributed by atoms with Crippen LogP contribution in [0.1, 0.15) is 26.3 Å². The zero-order valence-corrected chi connectivity index (χ0v) is 14.8. The van der Waals surface area contributed by atoms with Crippen molar-refractivity contribution >= 4 is 49.8 Å². The first-order chi connectivity index (χ1) is 12.6. The molecule has 2 amide bonds. The standard InChI is InChI=1S/C17H10ClF3N2O3S/c18-12-10(24)6-5-9-11(14(22)25)16(27-13(9)12)23-15(26)7-1-3-8(4-2-7)17(19,20)21/h1-6,24H,(H2,22,25)(H,23,26). The molecule has 0 aliphatic carbocycles. The molecule has 4 N–H and O–H groups in total. The number of carbonyl (C=O) groups excluding carboxylic acids is 2. The summed E-state index contributed by atoms with van der Waals surface area (Å²) in [5, 5.41) is 12.6. The molecule has 0 spiro atoms. The van der Waals surface area contributed by atoms with E-state index in [0.717, 1.165) is 35.6 Å². The molecule has 0 saturated heterocycles. The fraction of sp³-hybridized carbons (Fsp3) is 0.0588. The molecule has 3 rings (SSSR count). The maximum Gasteiger partial charge on any atom is 0.416 e. The summed E-state index contributed by atoms with van der Waals surface area (Å²) < 4.78 is 38.2. The van der Waals surface area contributed by atoms with Crippen LogP contribution < -0.4 is 11.1 Å². The second-order valence-electron chi connectivity index (χ2n) is 5.48.